The maximum absolute atomic E-state index is 11.7. The van der Waals surface area contributed by atoms with E-state index >= 15 is 0 Å². The van der Waals surface area contributed by atoms with E-state index in [1.807, 2.05) is 19.1 Å². The first-order valence-corrected chi connectivity index (χ1v) is 6.29. The number of hydrogen-bond acceptors (Lipinski definition) is 3. The van der Waals surface area contributed by atoms with Crippen molar-refractivity contribution in [3.63, 3.8) is 0 Å². The second-order valence-corrected chi connectivity index (χ2v) is 5.06. The van der Waals surface area contributed by atoms with Gasteiger partial charge in [0.25, 0.3) is 0 Å². The van der Waals surface area contributed by atoms with E-state index in [-0.39, 0.29) is 0 Å². The molecule has 0 amide bonds. The Morgan fingerprint density at radius 1 is 1.40 bits per heavy atom. The van der Waals surface area contributed by atoms with Crippen LogP contribution in [-0.4, -0.2) is 15.5 Å². The molecule has 0 fully saturated rings. The number of aryl methyl sites for hydroxylation is 1. The fourth-order valence-electron chi connectivity index (χ4n) is 1.38. The van der Waals surface area contributed by atoms with Gasteiger partial charge in [-0.05, 0) is 30.7 Å². The topological polar surface area (TPSA) is 72.2 Å². The van der Waals surface area contributed by atoms with Crippen LogP contribution in [-0.2, 0) is 23.0 Å². The second-order valence-electron chi connectivity index (χ2n) is 3.21. The average Bonchev–Trinajstić information content (AvgIpc) is 2.28. The molecule has 0 bridgehead atoms. The lowest BCUT2D eigenvalue weighted by atomic mass is 10.1. The second kappa shape index (κ2) is 4.74. The van der Waals surface area contributed by atoms with Gasteiger partial charge < -0.3 is 5.73 Å². The first-order valence-electron chi connectivity index (χ1n) is 4.80. The lowest BCUT2D eigenvalue weighted by Gasteiger charge is -2.09. The molecule has 0 aliphatic carbocycles. The fourth-order valence-corrected chi connectivity index (χ4v) is 2.46. The standard InChI is InChI=1S/C10H16N2O2S/c1-3-9-5-4-8(7-11)6-10(9)15(13,14)12-2/h4-6,12H,3,7,11H2,1-2H3. The minimum atomic E-state index is -3.38. The third-order valence-corrected chi connectivity index (χ3v) is 3.80. The van der Waals surface area contributed by atoms with E-state index in [4.69, 9.17) is 5.73 Å². The SMILES string of the molecule is CCc1ccc(CN)cc1S(=O)(=O)NC. The minimum Gasteiger partial charge on any atom is -0.326 e. The lowest BCUT2D eigenvalue weighted by molar-refractivity contribution is 0.587. The minimum absolute atomic E-state index is 0.329. The third kappa shape index (κ3) is 2.56. The largest absolute Gasteiger partial charge is 0.326 e. The molecule has 0 aromatic heterocycles. The van der Waals surface area contributed by atoms with E-state index < -0.39 is 10.0 Å². The Balaban J connectivity index is 3.36. The summed E-state index contributed by atoms with van der Waals surface area (Å²) in [7, 11) is -1.97. The van der Waals surface area contributed by atoms with Crippen LogP contribution < -0.4 is 10.5 Å². The monoisotopic (exact) mass is 228 g/mol. The van der Waals surface area contributed by atoms with Gasteiger partial charge in [-0.3, -0.25) is 0 Å². The van der Waals surface area contributed by atoms with Crippen molar-refractivity contribution in [2.75, 3.05) is 7.05 Å². The molecule has 0 aliphatic heterocycles. The van der Waals surface area contributed by atoms with Crippen LogP contribution in [0.25, 0.3) is 0 Å². The molecule has 15 heavy (non-hydrogen) atoms. The fraction of sp³-hybridized carbons (Fsp3) is 0.400. The van der Waals surface area contributed by atoms with Crippen molar-refractivity contribution in [3.05, 3.63) is 29.3 Å². The highest BCUT2D eigenvalue weighted by molar-refractivity contribution is 7.89. The van der Waals surface area contributed by atoms with Gasteiger partial charge in [0.15, 0.2) is 0 Å². The maximum atomic E-state index is 11.7. The summed E-state index contributed by atoms with van der Waals surface area (Å²) in [6.45, 7) is 2.27. The Kier molecular flexibility index (Phi) is 3.84. The molecule has 5 heteroatoms. The molecule has 0 aliphatic rings. The molecule has 0 spiro atoms. The number of nitrogens with one attached hydrogen (secondary N) is 1. The van der Waals surface area contributed by atoms with Gasteiger partial charge in [-0.1, -0.05) is 19.1 Å². The first-order chi connectivity index (χ1) is 7.05. The number of nitrogens with two attached hydrogens (primary N) is 1. The van der Waals surface area contributed by atoms with Crippen molar-refractivity contribution >= 4 is 10.0 Å². The van der Waals surface area contributed by atoms with E-state index in [2.05, 4.69) is 4.72 Å². The van der Waals surface area contributed by atoms with Gasteiger partial charge in [-0.15, -0.1) is 0 Å². The van der Waals surface area contributed by atoms with Crippen LogP contribution in [0.5, 0.6) is 0 Å². The number of sulfonamides is 1. The molecule has 84 valence electrons. The molecular weight excluding hydrogens is 212 g/mol. The van der Waals surface area contributed by atoms with Gasteiger partial charge in [0.2, 0.25) is 10.0 Å². The summed E-state index contributed by atoms with van der Waals surface area (Å²) < 4.78 is 25.7. The van der Waals surface area contributed by atoms with Crippen molar-refractivity contribution in [1.29, 1.82) is 0 Å². The van der Waals surface area contributed by atoms with Gasteiger partial charge in [0, 0.05) is 6.54 Å². The van der Waals surface area contributed by atoms with E-state index in [1.54, 1.807) is 6.07 Å². The zero-order valence-corrected chi connectivity index (χ0v) is 9.76. The van der Waals surface area contributed by atoms with Gasteiger partial charge in [-0.2, -0.15) is 0 Å². The Hall–Kier alpha value is -0.910. The predicted octanol–water partition coefficient (Wildman–Crippen LogP) is 0.616. The quantitative estimate of drug-likeness (QED) is 0.793. The van der Waals surface area contributed by atoms with Crippen LogP contribution in [0.15, 0.2) is 23.1 Å². The van der Waals surface area contributed by atoms with Crippen LogP contribution in [0.1, 0.15) is 18.1 Å². The first kappa shape index (κ1) is 12.2. The predicted molar refractivity (Wildman–Crippen MR) is 60.0 cm³/mol. The lowest BCUT2D eigenvalue weighted by Crippen LogP contribution is -2.20. The van der Waals surface area contributed by atoms with Crippen molar-refractivity contribution in [2.45, 2.75) is 24.8 Å². The molecular formula is C10H16N2O2S. The molecule has 0 unspecified atom stereocenters. The zero-order chi connectivity index (χ0) is 11.5. The maximum Gasteiger partial charge on any atom is 0.240 e. The Bertz CT molecular complexity index is 441. The molecule has 4 nitrogen and oxygen atoms in total. The van der Waals surface area contributed by atoms with Crippen LogP contribution >= 0.6 is 0 Å². The number of rotatable bonds is 4. The summed E-state index contributed by atoms with van der Waals surface area (Å²) >= 11 is 0. The Labute approximate surface area is 90.5 Å². The molecule has 0 atom stereocenters. The highest BCUT2D eigenvalue weighted by Gasteiger charge is 2.15. The molecule has 1 rings (SSSR count). The highest BCUT2D eigenvalue weighted by atomic mass is 32.2. The Morgan fingerprint density at radius 3 is 2.53 bits per heavy atom. The molecule has 3 N–H and O–H groups in total. The van der Waals surface area contributed by atoms with Crippen LogP contribution in [0.2, 0.25) is 0 Å². The molecule has 0 saturated heterocycles. The highest BCUT2D eigenvalue weighted by Crippen LogP contribution is 2.17. The average molecular weight is 228 g/mol. The van der Waals surface area contributed by atoms with Crippen LogP contribution in [0.4, 0.5) is 0 Å². The summed E-state index contributed by atoms with van der Waals surface area (Å²) in [6.07, 6.45) is 0.682. The molecule has 0 radical (unpaired) electrons. The van der Waals surface area contributed by atoms with Crippen molar-refractivity contribution < 1.29 is 8.42 Å². The van der Waals surface area contributed by atoms with Gasteiger partial charge in [0.1, 0.15) is 0 Å². The molecule has 0 heterocycles. The van der Waals surface area contributed by atoms with E-state index in [1.165, 1.54) is 7.05 Å². The number of hydrogen-bond donors (Lipinski definition) is 2. The van der Waals surface area contributed by atoms with Crippen molar-refractivity contribution in [1.82, 2.24) is 4.72 Å². The number of benzene rings is 1. The Morgan fingerprint density at radius 2 is 2.07 bits per heavy atom. The van der Waals surface area contributed by atoms with Gasteiger partial charge in [-0.25, -0.2) is 13.1 Å². The summed E-state index contributed by atoms with van der Waals surface area (Å²) in [4.78, 5) is 0.329. The molecule has 1 aromatic carbocycles. The van der Waals surface area contributed by atoms with Crippen LogP contribution in [0.3, 0.4) is 0 Å². The van der Waals surface area contributed by atoms with E-state index in [0.29, 0.717) is 17.9 Å². The normalized spacial score (nSPS) is 11.7. The van der Waals surface area contributed by atoms with E-state index in [9.17, 15) is 8.42 Å². The smallest absolute Gasteiger partial charge is 0.240 e. The molecule has 0 saturated carbocycles. The van der Waals surface area contributed by atoms with Gasteiger partial charge in [0.05, 0.1) is 4.90 Å². The van der Waals surface area contributed by atoms with Crippen molar-refractivity contribution in [3.8, 4) is 0 Å². The van der Waals surface area contributed by atoms with E-state index in [0.717, 1.165) is 11.1 Å². The zero-order valence-electron chi connectivity index (χ0n) is 8.95. The van der Waals surface area contributed by atoms with Crippen LogP contribution in [0, 0.1) is 0 Å². The van der Waals surface area contributed by atoms with Crippen molar-refractivity contribution in [2.24, 2.45) is 5.73 Å². The van der Waals surface area contributed by atoms with Gasteiger partial charge >= 0.3 is 0 Å². The third-order valence-electron chi connectivity index (χ3n) is 2.31. The summed E-state index contributed by atoms with van der Waals surface area (Å²) in [6, 6.07) is 5.30. The summed E-state index contributed by atoms with van der Waals surface area (Å²) in [5.41, 5.74) is 7.11. The summed E-state index contributed by atoms with van der Waals surface area (Å²) in [5, 5.41) is 0. The summed E-state index contributed by atoms with van der Waals surface area (Å²) in [5.74, 6) is 0. The molecule has 1 aromatic rings.